The van der Waals surface area contributed by atoms with Crippen LogP contribution in [0.4, 0.5) is 0 Å². The third-order valence-corrected chi connectivity index (χ3v) is 5.62. The van der Waals surface area contributed by atoms with Crippen LogP contribution in [0.2, 0.25) is 5.02 Å². The highest BCUT2D eigenvalue weighted by atomic mass is 35.5. The molecule has 1 aliphatic rings. The molecule has 0 spiro atoms. The van der Waals surface area contributed by atoms with E-state index in [2.05, 4.69) is 11.6 Å². The van der Waals surface area contributed by atoms with E-state index in [0.29, 0.717) is 23.9 Å². The summed E-state index contributed by atoms with van der Waals surface area (Å²) in [5.74, 6) is 1.07. The van der Waals surface area contributed by atoms with Crippen LogP contribution in [0.15, 0.2) is 23.1 Å². The molecule has 1 fully saturated rings. The van der Waals surface area contributed by atoms with Crippen molar-refractivity contribution in [2.24, 2.45) is 11.8 Å². The fourth-order valence-electron chi connectivity index (χ4n) is 2.60. The molecule has 1 N–H and O–H groups in total. The van der Waals surface area contributed by atoms with E-state index in [-0.39, 0.29) is 9.92 Å². The lowest BCUT2D eigenvalue weighted by Gasteiger charge is -2.12. The summed E-state index contributed by atoms with van der Waals surface area (Å²) >= 11 is 5.94. The van der Waals surface area contributed by atoms with Crippen LogP contribution >= 0.6 is 11.6 Å². The van der Waals surface area contributed by atoms with Crippen molar-refractivity contribution in [2.45, 2.75) is 31.1 Å². The summed E-state index contributed by atoms with van der Waals surface area (Å²) in [7, 11) is -3.61. The summed E-state index contributed by atoms with van der Waals surface area (Å²) in [5, 5.41) is 8.83. The van der Waals surface area contributed by atoms with Crippen molar-refractivity contribution in [3.05, 3.63) is 28.8 Å². The number of rotatable bonds is 4. The molecule has 0 aliphatic heterocycles. The minimum atomic E-state index is -3.61. The van der Waals surface area contributed by atoms with Crippen LogP contribution in [-0.4, -0.2) is 15.0 Å². The Morgan fingerprint density at radius 3 is 2.75 bits per heavy atom. The Bertz CT molecular complexity index is 637. The van der Waals surface area contributed by atoms with Gasteiger partial charge in [-0.1, -0.05) is 24.9 Å². The number of halogens is 1. The Balaban J connectivity index is 2.09. The van der Waals surface area contributed by atoms with E-state index in [0.717, 1.165) is 19.3 Å². The van der Waals surface area contributed by atoms with Gasteiger partial charge in [0.15, 0.2) is 0 Å². The van der Waals surface area contributed by atoms with Gasteiger partial charge in [0.05, 0.1) is 16.7 Å². The predicted molar refractivity (Wildman–Crippen MR) is 77.9 cm³/mol. The van der Waals surface area contributed by atoms with Gasteiger partial charge in [-0.25, -0.2) is 13.1 Å². The summed E-state index contributed by atoms with van der Waals surface area (Å²) in [6, 6.07) is 6.13. The maximum absolute atomic E-state index is 12.2. The molecule has 1 aliphatic carbocycles. The van der Waals surface area contributed by atoms with Gasteiger partial charge in [0.1, 0.15) is 4.90 Å². The number of nitriles is 1. The van der Waals surface area contributed by atoms with Crippen molar-refractivity contribution in [1.29, 1.82) is 5.26 Å². The van der Waals surface area contributed by atoms with Gasteiger partial charge in [-0.3, -0.25) is 0 Å². The van der Waals surface area contributed by atoms with E-state index >= 15 is 0 Å². The van der Waals surface area contributed by atoms with Gasteiger partial charge in [-0.05, 0) is 42.9 Å². The smallest absolute Gasteiger partial charge is 0.211 e. The molecule has 1 aromatic rings. The molecule has 0 bridgehead atoms. The number of hydrogen-bond acceptors (Lipinski definition) is 3. The summed E-state index contributed by atoms with van der Waals surface area (Å²) in [6.07, 6.45) is 3.28. The van der Waals surface area contributed by atoms with Crippen molar-refractivity contribution in [3.63, 3.8) is 0 Å². The largest absolute Gasteiger partial charge is 0.242 e. The maximum Gasteiger partial charge on any atom is 0.242 e. The fourth-order valence-corrected chi connectivity index (χ4v) is 4.26. The van der Waals surface area contributed by atoms with Gasteiger partial charge in [0, 0.05) is 6.54 Å². The van der Waals surface area contributed by atoms with E-state index in [1.165, 1.54) is 18.2 Å². The summed E-state index contributed by atoms with van der Waals surface area (Å²) in [6.45, 7) is 2.63. The zero-order valence-electron chi connectivity index (χ0n) is 11.3. The lowest BCUT2D eigenvalue weighted by atomic mass is 10.1. The van der Waals surface area contributed by atoms with Gasteiger partial charge < -0.3 is 0 Å². The van der Waals surface area contributed by atoms with Gasteiger partial charge in [-0.15, -0.1) is 0 Å². The van der Waals surface area contributed by atoms with Crippen LogP contribution in [0, 0.1) is 23.2 Å². The first-order chi connectivity index (χ1) is 9.42. The number of sulfonamides is 1. The molecule has 1 saturated carbocycles. The van der Waals surface area contributed by atoms with Crippen molar-refractivity contribution >= 4 is 21.6 Å². The second-order valence-corrected chi connectivity index (χ2v) is 7.54. The van der Waals surface area contributed by atoms with E-state index in [9.17, 15) is 8.42 Å². The molecule has 108 valence electrons. The monoisotopic (exact) mass is 312 g/mol. The molecular formula is C14H17ClN2O2S. The first-order valence-corrected chi connectivity index (χ1v) is 8.48. The fraction of sp³-hybridized carbons (Fsp3) is 0.500. The molecule has 0 heterocycles. The van der Waals surface area contributed by atoms with Crippen LogP contribution in [0.1, 0.15) is 31.7 Å². The molecule has 6 heteroatoms. The normalized spacial score (nSPS) is 22.6. The highest BCUT2D eigenvalue weighted by Crippen LogP contribution is 2.30. The molecular weight excluding hydrogens is 296 g/mol. The first kappa shape index (κ1) is 15.3. The number of nitrogens with one attached hydrogen (secondary N) is 1. The van der Waals surface area contributed by atoms with Crippen molar-refractivity contribution < 1.29 is 8.42 Å². The van der Waals surface area contributed by atoms with Gasteiger partial charge in [0.2, 0.25) is 10.0 Å². The third-order valence-electron chi connectivity index (χ3n) is 3.72. The van der Waals surface area contributed by atoms with E-state index in [1.54, 1.807) is 0 Å². The molecule has 1 aromatic carbocycles. The Labute approximate surface area is 124 Å². The molecule has 0 amide bonds. The minimum absolute atomic E-state index is 0.0317. The van der Waals surface area contributed by atoms with Crippen molar-refractivity contribution in [3.8, 4) is 6.07 Å². The molecule has 2 rings (SSSR count). The lowest BCUT2D eigenvalue weighted by Crippen LogP contribution is -2.28. The van der Waals surface area contributed by atoms with Crippen LogP contribution in [0.25, 0.3) is 0 Å². The quantitative estimate of drug-likeness (QED) is 0.929. The van der Waals surface area contributed by atoms with Crippen LogP contribution in [0.5, 0.6) is 0 Å². The van der Waals surface area contributed by atoms with E-state index < -0.39 is 10.0 Å². The van der Waals surface area contributed by atoms with Gasteiger partial charge >= 0.3 is 0 Å². The zero-order chi connectivity index (χ0) is 14.8. The third kappa shape index (κ3) is 3.51. The minimum Gasteiger partial charge on any atom is -0.211 e. The second kappa shape index (κ2) is 6.13. The zero-order valence-corrected chi connectivity index (χ0v) is 12.8. The van der Waals surface area contributed by atoms with Crippen LogP contribution in [-0.2, 0) is 10.0 Å². The van der Waals surface area contributed by atoms with Gasteiger partial charge in [-0.2, -0.15) is 5.26 Å². The summed E-state index contributed by atoms with van der Waals surface area (Å²) < 4.78 is 27.0. The first-order valence-electron chi connectivity index (χ1n) is 6.61. The molecule has 4 nitrogen and oxygen atoms in total. The average Bonchev–Trinajstić information content (AvgIpc) is 2.82. The number of hydrogen-bond donors (Lipinski definition) is 1. The highest BCUT2D eigenvalue weighted by molar-refractivity contribution is 7.89. The molecule has 2 unspecified atom stereocenters. The molecule has 20 heavy (non-hydrogen) atoms. The maximum atomic E-state index is 12.2. The molecule has 0 saturated heterocycles. The van der Waals surface area contributed by atoms with E-state index in [4.69, 9.17) is 16.9 Å². The van der Waals surface area contributed by atoms with Crippen molar-refractivity contribution in [1.82, 2.24) is 4.72 Å². The molecule has 0 aromatic heterocycles. The average molecular weight is 313 g/mol. The standard InChI is InChI=1S/C14H17ClN2O2S/c1-10-2-3-12(6-10)9-17-20(18,19)14-5-4-11(8-16)7-13(14)15/h4-5,7,10,12,17H,2-3,6,9H2,1H3. The molecule has 0 radical (unpaired) electrons. The SMILES string of the molecule is CC1CCC(CNS(=O)(=O)c2ccc(C#N)cc2Cl)C1. The highest BCUT2D eigenvalue weighted by Gasteiger charge is 2.24. The van der Waals surface area contributed by atoms with Crippen molar-refractivity contribution in [2.75, 3.05) is 6.54 Å². The predicted octanol–water partition coefficient (Wildman–Crippen LogP) is 2.93. The number of benzene rings is 1. The molecule has 2 atom stereocenters. The van der Waals surface area contributed by atoms with Gasteiger partial charge in [0.25, 0.3) is 0 Å². The Kier molecular flexibility index (Phi) is 4.69. The summed E-state index contributed by atoms with van der Waals surface area (Å²) in [4.78, 5) is 0.0317. The Morgan fingerprint density at radius 1 is 1.45 bits per heavy atom. The van der Waals surface area contributed by atoms with Crippen LogP contribution in [0.3, 0.4) is 0 Å². The topological polar surface area (TPSA) is 70.0 Å². The second-order valence-electron chi connectivity index (χ2n) is 5.39. The Hall–Kier alpha value is -1.09. The number of nitrogens with zero attached hydrogens (tertiary/aromatic N) is 1. The Morgan fingerprint density at radius 2 is 2.20 bits per heavy atom. The summed E-state index contributed by atoms with van der Waals surface area (Å²) in [5.41, 5.74) is 0.346. The van der Waals surface area contributed by atoms with E-state index in [1.807, 2.05) is 6.07 Å². The lowest BCUT2D eigenvalue weighted by molar-refractivity contribution is 0.498. The van der Waals surface area contributed by atoms with Crippen LogP contribution < -0.4 is 4.72 Å².